The van der Waals surface area contributed by atoms with Gasteiger partial charge in [-0.15, -0.1) is 0 Å². The summed E-state index contributed by atoms with van der Waals surface area (Å²) in [5.41, 5.74) is 2.99. The second-order valence-corrected chi connectivity index (χ2v) is 6.09. The molecule has 2 aromatic heterocycles. The molecule has 1 saturated heterocycles. The van der Waals surface area contributed by atoms with Gasteiger partial charge in [0.05, 0.1) is 5.69 Å². The number of nitrogens with zero attached hydrogens (tertiary/aromatic N) is 4. The van der Waals surface area contributed by atoms with Gasteiger partial charge in [-0.1, -0.05) is 11.2 Å². The highest BCUT2D eigenvalue weighted by molar-refractivity contribution is 5.74. The van der Waals surface area contributed by atoms with Crippen LogP contribution in [0.4, 0.5) is 4.79 Å². The van der Waals surface area contributed by atoms with Crippen LogP contribution in [0, 0.1) is 13.8 Å². The Kier molecular flexibility index (Phi) is 5.10. The molecule has 0 spiro atoms. The molecule has 1 fully saturated rings. The summed E-state index contributed by atoms with van der Waals surface area (Å²) in [5.74, 6) is 0.758. The van der Waals surface area contributed by atoms with E-state index in [0.29, 0.717) is 6.54 Å². The molecule has 0 bridgehead atoms. The van der Waals surface area contributed by atoms with E-state index in [1.165, 1.54) is 5.56 Å². The highest BCUT2D eigenvalue weighted by Crippen LogP contribution is 2.12. The van der Waals surface area contributed by atoms with Crippen molar-refractivity contribution in [2.45, 2.75) is 26.9 Å². The molecule has 1 aliphatic rings. The van der Waals surface area contributed by atoms with Crippen molar-refractivity contribution in [2.75, 3.05) is 26.2 Å². The van der Waals surface area contributed by atoms with E-state index in [1.54, 1.807) is 6.20 Å². The standard InChI is InChI=1S/C17H23N5O2/c1-13-16(14(2)24-20-13)11-19-17(23)22-8-6-21(7-9-22)12-15-4-3-5-18-10-15/h3-5,10H,6-9,11-12H2,1-2H3,(H,19,23). The minimum absolute atomic E-state index is 0.0315. The Morgan fingerprint density at radius 2 is 2.08 bits per heavy atom. The molecular formula is C17H23N5O2. The highest BCUT2D eigenvalue weighted by atomic mass is 16.5. The van der Waals surface area contributed by atoms with Gasteiger partial charge in [-0.25, -0.2) is 4.79 Å². The molecule has 0 radical (unpaired) electrons. The number of nitrogens with one attached hydrogen (secondary N) is 1. The molecule has 7 nitrogen and oxygen atoms in total. The maximum absolute atomic E-state index is 12.3. The van der Waals surface area contributed by atoms with Gasteiger partial charge in [0.25, 0.3) is 0 Å². The van der Waals surface area contributed by atoms with Gasteiger partial charge in [-0.2, -0.15) is 0 Å². The molecule has 3 rings (SSSR count). The maximum atomic E-state index is 12.3. The minimum Gasteiger partial charge on any atom is -0.361 e. The first-order valence-corrected chi connectivity index (χ1v) is 8.19. The van der Waals surface area contributed by atoms with Crippen molar-refractivity contribution in [3.05, 3.63) is 47.1 Å². The highest BCUT2D eigenvalue weighted by Gasteiger charge is 2.21. The molecule has 3 heterocycles. The summed E-state index contributed by atoms with van der Waals surface area (Å²) in [5, 5.41) is 6.86. The third-order valence-corrected chi connectivity index (χ3v) is 4.39. The summed E-state index contributed by atoms with van der Waals surface area (Å²) >= 11 is 0. The quantitative estimate of drug-likeness (QED) is 0.924. The number of carbonyl (C=O) groups excluding carboxylic acids is 1. The second-order valence-electron chi connectivity index (χ2n) is 6.09. The number of amides is 2. The first-order valence-electron chi connectivity index (χ1n) is 8.19. The molecule has 0 atom stereocenters. The lowest BCUT2D eigenvalue weighted by atomic mass is 10.2. The average molecular weight is 329 g/mol. The Morgan fingerprint density at radius 3 is 2.71 bits per heavy atom. The molecule has 0 aliphatic carbocycles. The predicted octanol–water partition coefficient (Wildman–Crippen LogP) is 1.71. The Bertz CT molecular complexity index is 658. The molecule has 1 N–H and O–H groups in total. The van der Waals surface area contributed by atoms with Gasteiger partial charge in [0.15, 0.2) is 0 Å². The number of aromatic nitrogens is 2. The first kappa shape index (κ1) is 16.4. The summed E-state index contributed by atoms with van der Waals surface area (Å²) in [6, 6.07) is 4.00. The van der Waals surface area contributed by atoms with Crippen LogP contribution in [-0.4, -0.2) is 52.2 Å². The zero-order chi connectivity index (χ0) is 16.9. The molecule has 0 aromatic carbocycles. The van der Waals surface area contributed by atoms with E-state index >= 15 is 0 Å². The first-order chi connectivity index (χ1) is 11.6. The van der Waals surface area contributed by atoms with Crippen molar-refractivity contribution in [1.29, 1.82) is 0 Å². The summed E-state index contributed by atoms with van der Waals surface area (Å²) < 4.78 is 5.12. The smallest absolute Gasteiger partial charge is 0.317 e. The second kappa shape index (κ2) is 7.44. The van der Waals surface area contributed by atoms with Crippen LogP contribution in [0.2, 0.25) is 0 Å². The molecular weight excluding hydrogens is 306 g/mol. The van der Waals surface area contributed by atoms with Crippen molar-refractivity contribution in [3.63, 3.8) is 0 Å². The van der Waals surface area contributed by atoms with Gasteiger partial charge in [0.1, 0.15) is 5.76 Å². The number of piperazine rings is 1. The molecule has 24 heavy (non-hydrogen) atoms. The zero-order valence-electron chi connectivity index (χ0n) is 14.2. The normalized spacial score (nSPS) is 15.5. The van der Waals surface area contributed by atoms with Crippen molar-refractivity contribution in [1.82, 2.24) is 25.3 Å². The zero-order valence-corrected chi connectivity index (χ0v) is 14.2. The van der Waals surface area contributed by atoms with Crippen LogP contribution in [-0.2, 0) is 13.1 Å². The largest absolute Gasteiger partial charge is 0.361 e. The van der Waals surface area contributed by atoms with E-state index in [2.05, 4.69) is 26.4 Å². The number of pyridine rings is 1. The van der Waals surface area contributed by atoms with E-state index in [0.717, 1.165) is 49.7 Å². The third kappa shape index (κ3) is 3.91. The van der Waals surface area contributed by atoms with Crippen molar-refractivity contribution in [3.8, 4) is 0 Å². The fraction of sp³-hybridized carbons (Fsp3) is 0.471. The van der Waals surface area contributed by atoms with Gasteiger partial charge < -0.3 is 14.7 Å². The van der Waals surface area contributed by atoms with Crippen LogP contribution in [0.5, 0.6) is 0 Å². The van der Waals surface area contributed by atoms with Gasteiger partial charge in [0, 0.05) is 57.2 Å². The summed E-state index contributed by atoms with van der Waals surface area (Å²) in [6.07, 6.45) is 3.67. The number of rotatable bonds is 4. The SMILES string of the molecule is Cc1noc(C)c1CNC(=O)N1CCN(Cc2cccnc2)CC1. The Hall–Kier alpha value is -2.41. The monoisotopic (exact) mass is 329 g/mol. The predicted molar refractivity (Wildman–Crippen MR) is 89.3 cm³/mol. The van der Waals surface area contributed by atoms with Crippen molar-refractivity contribution >= 4 is 6.03 Å². The fourth-order valence-electron chi connectivity index (χ4n) is 2.89. The Morgan fingerprint density at radius 1 is 1.29 bits per heavy atom. The number of hydrogen-bond acceptors (Lipinski definition) is 5. The van der Waals surface area contributed by atoms with Crippen LogP contribution in [0.25, 0.3) is 0 Å². The van der Waals surface area contributed by atoms with E-state index in [1.807, 2.05) is 31.0 Å². The Labute approximate surface area is 141 Å². The van der Waals surface area contributed by atoms with Gasteiger partial charge >= 0.3 is 6.03 Å². The molecule has 0 unspecified atom stereocenters. The molecule has 7 heteroatoms. The Balaban J connectivity index is 1.45. The lowest BCUT2D eigenvalue weighted by Gasteiger charge is -2.34. The van der Waals surface area contributed by atoms with Gasteiger partial charge in [-0.3, -0.25) is 9.88 Å². The lowest BCUT2D eigenvalue weighted by molar-refractivity contribution is 0.135. The van der Waals surface area contributed by atoms with E-state index in [4.69, 9.17) is 4.52 Å². The fourth-order valence-corrected chi connectivity index (χ4v) is 2.89. The van der Waals surface area contributed by atoms with Gasteiger partial charge in [-0.05, 0) is 25.5 Å². The van der Waals surface area contributed by atoms with Crippen molar-refractivity contribution < 1.29 is 9.32 Å². The average Bonchev–Trinajstić information content (AvgIpc) is 2.92. The molecule has 1 aliphatic heterocycles. The molecule has 128 valence electrons. The van der Waals surface area contributed by atoms with Crippen molar-refractivity contribution in [2.24, 2.45) is 0 Å². The summed E-state index contributed by atoms with van der Waals surface area (Å²) in [7, 11) is 0. The van der Waals surface area contributed by atoms with Crippen LogP contribution >= 0.6 is 0 Å². The van der Waals surface area contributed by atoms with Gasteiger partial charge in [0.2, 0.25) is 0 Å². The third-order valence-electron chi connectivity index (χ3n) is 4.39. The maximum Gasteiger partial charge on any atom is 0.317 e. The van der Waals surface area contributed by atoms with Crippen LogP contribution in [0.1, 0.15) is 22.6 Å². The number of carbonyl (C=O) groups is 1. The van der Waals surface area contributed by atoms with Crippen LogP contribution in [0.15, 0.2) is 29.0 Å². The molecule has 2 aromatic rings. The van der Waals surface area contributed by atoms with Crippen LogP contribution in [0.3, 0.4) is 0 Å². The minimum atomic E-state index is -0.0315. The topological polar surface area (TPSA) is 74.5 Å². The molecule has 0 saturated carbocycles. The van der Waals surface area contributed by atoms with E-state index in [9.17, 15) is 4.79 Å². The lowest BCUT2D eigenvalue weighted by Crippen LogP contribution is -2.51. The van der Waals surface area contributed by atoms with Crippen LogP contribution < -0.4 is 5.32 Å². The summed E-state index contributed by atoms with van der Waals surface area (Å²) in [4.78, 5) is 20.7. The molecule has 2 amide bonds. The summed E-state index contributed by atoms with van der Waals surface area (Å²) in [6.45, 7) is 8.27. The number of hydrogen-bond donors (Lipinski definition) is 1. The number of urea groups is 1. The number of aryl methyl sites for hydroxylation is 2. The van der Waals surface area contributed by atoms with E-state index in [-0.39, 0.29) is 6.03 Å². The van der Waals surface area contributed by atoms with E-state index < -0.39 is 0 Å².